The van der Waals surface area contributed by atoms with Gasteiger partial charge in [-0.25, -0.2) is 33.6 Å². The summed E-state index contributed by atoms with van der Waals surface area (Å²) in [4.78, 5) is 159. The van der Waals surface area contributed by atoms with Gasteiger partial charge >= 0.3 is 83.9 Å². The van der Waals surface area contributed by atoms with Gasteiger partial charge in [0.25, 0.3) is 0 Å². The smallest absolute Gasteiger partial charge is 0.326 e. The molecule has 0 saturated carbocycles. The Bertz CT molecular complexity index is 3090. The van der Waals surface area contributed by atoms with E-state index in [1.165, 1.54) is 0 Å². The van der Waals surface area contributed by atoms with Gasteiger partial charge in [-0.2, -0.15) is 0 Å². The second-order valence-electron chi connectivity index (χ2n) is 21.7. The maximum Gasteiger partial charge on any atom is 0.326 e. The average Bonchev–Trinajstić information content (AvgIpc) is 1.11. The lowest BCUT2D eigenvalue weighted by Gasteiger charge is -2.21. The van der Waals surface area contributed by atoms with E-state index in [-0.39, 0.29) is 69.8 Å². The zero-order valence-electron chi connectivity index (χ0n) is 53.5. The molecule has 0 aromatic heterocycles. The molecule has 0 spiro atoms. The summed E-state index contributed by atoms with van der Waals surface area (Å²) >= 11 is 6.54. The number of rotatable bonds is 45. The number of hydrogen-bond donors (Lipinski definition) is 21. The van der Waals surface area contributed by atoms with Crippen molar-refractivity contribution in [2.75, 3.05) is 42.3 Å². The number of carboxylic acids is 9. The van der Waals surface area contributed by atoms with Gasteiger partial charge in [-0.05, 0) is 224 Å². The summed E-state index contributed by atoms with van der Waals surface area (Å²) in [5.41, 5.74) is 2.29. The molecule has 0 radical (unpaired) electrons. The van der Waals surface area contributed by atoms with Crippen LogP contribution in [0.1, 0.15) is 122 Å². The molecule has 0 saturated heterocycles. The van der Waals surface area contributed by atoms with Crippen molar-refractivity contribution in [2.24, 2.45) is 0 Å². The predicted molar refractivity (Wildman–Crippen MR) is 382 cm³/mol. The molecule has 0 fully saturated rings. The second-order valence-corrected chi connectivity index (χ2v) is 25.5. The molecule has 0 unspecified atom stereocenters. The van der Waals surface area contributed by atoms with Crippen LogP contribution in [0.2, 0.25) is 0 Å². The Labute approximate surface area is 609 Å². The van der Waals surface area contributed by atoms with Crippen molar-refractivity contribution < 1.29 is 113 Å². The van der Waals surface area contributed by atoms with Crippen molar-refractivity contribution in [3.8, 4) is 0 Å². The molecule has 6 atom stereocenters. The van der Waals surface area contributed by atoms with E-state index in [1.807, 2.05) is 48.5 Å². The maximum atomic E-state index is 12.2. The van der Waals surface area contributed by atoms with Crippen molar-refractivity contribution >= 4 is 169 Å². The lowest BCUT2D eigenvalue weighted by Crippen LogP contribution is -2.49. The van der Waals surface area contributed by atoms with Crippen LogP contribution in [0.25, 0.3) is 0 Å². The predicted octanol–water partition coefficient (Wildman–Crippen LogP) is 6.36. The number of hydrogen-bond acceptors (Lipinski definition) is 16. The molecule has 35 nitrogen and oxygen atoms in total. The number of aliphatic carboxylic acids is 9. The fourth-order valence-electron chi connectivity index (χ4n) is 8.58. The Hall–Kier alpha value is -8.81. The van der Waals surface area contributed by atoms with Crippen LogP contribution in [-0.4, -0.2) is 192 Å². The van der Waals surface area contributed by atoms with E-state index in [4.69, 9.17) is 40.9 Å². The minimum Gasteiger partial charge on any atom is -0.481 e. The standard InChI is InChI=1S/C21H29IN4O8.C20H27IN4O8.C20H29IN4O7/c22-13-4-6-14(7-5-13)24-20(33)23-10-2-1-3-15(11-18(29)30)25-21(34)26-16(12-19(31)32)8-9-17(27)28;21-12-4-6-13(7-5-12)23-19(32)22-10-2-1-3-14(11-17(28)29)24-20(33)25-15(18(30)31)8-9-16(26)27;21-13-4-6-14(7-5-13)23-12-22-10-2-1-3-16(19(30)31)25-20(32)24-15(11-18(28)29)8-9-17(26)27/h4-7,15-16H,1-3,8-12H2,(H,27,28)(H,29,30)(H,31,32)(H2,23,24,33)(H2,25,26,34);4-7,14-15H,1-3,8-11H2,(H,26,27)(H,28,29)(H,30,31)(H2,22,23,32)(H2,24,25,33);4-7,15-16,22-23H,1-3,8-12H2,(H,26,27)(H,28,29)(H,30,31)(H2,24,25,32)/t15-,16-;14-,15-;15-,16-/m000/s1. The number of benzene rings is 3. The number of unbranched alkanes of at least 4 members (excludes halogenated alkanes) is 3. The summed E-state index contributed by atoms with van der Waals surface area (Å²) in [5.74, 6) is -10.7. The second kappa shape index (κ2) is 51.4. The van der Waals surface area contributed by atoms with Crippen LogP contribution >= 0.6 is 67.8 Å². The number of carbonyl (C=O) groups is 14. The quantitative estimate of drug-likeness (QED) is 0.0166. The molecule has 3 aromatic rings. The van der Waals surface area contributed by atoms with Gasteiger partial charge in [0, 0.05) is 84.3 Å². The first kappa shape index (κ1) is 88.2. The minimum atomic E-state index is -1.41. The molecule has 3 aromatic carbocycles. The van der Waals surface area contributed by atoms with E-state index in [9.17, 15) is 72.2 Å². The van der Waals surface area contributed by atoms with Crippen molar-refractivity contribution in [1.29, 1.82) is 0 Å². The normalized spacial score (nSPS) is 12.2. The van der Waals surface area contributed by atoms with Gasteiger partial charge < -0.3 is 110 Å². The maximum absolute atomic E-state index is 12.2. The van der Waals surface area contributed by atoms with Gasteiger partial charge in [-0.1, -0.05) is 0 Å². The van der Waals surface area contributed by atoms with E-state index in [2.05, 4.69) is 132 Å². The van der Waals surface area contributed by atoms with Crippen molar-refractivity contribution in [2.45, 2.75) is 158 Å². The highest BCUT2D eigenvalue weighted by molar-refractivity contribution is 14.1. The van der Waals surface area contributed by atoms with Gasteiger partial charge in [-0.3, -0.25) is 33.6 Å². The first-order valence-corrected chi connectivity index (χ1v) is 34.0. The topological polar surface area (TPSA) is 565 Å². The van der Waals surface area contributed by atoms with Gasteiger partial charge in [-0.15, -0.1) is 0 Å². The lowest BCUT2D eigenvalue weighted by atomic mass is 10.1. The van der Waals surface area contributed by atoms with E-state index >= 15 is 0 Å². The van der Waals surface area contributed by atoms with Crippen LogP contribution in [0.4, 0.5) is 41.0 Å². The van der Waals surface area contributed by atoms with Gasteiger partial charge in [0.15, 0.2) is 0 Å². The van der Waals surface area contributed by atoms with Crippen LogP contribution in [0, 0.1) is 10.7 Å². The summed E-state index contributed by atoms with van der Waals surface area (Å²) < 4.78 is 3.23. The molecule has 3 rings (SSSR count). The van der Waals surface area contributed by atoms with E-state index < -0.39 is 127 Å². The summed E-state index contributed by atoms with van der Waals surface area (Å²) in [5, 5.41) is 112. The number of carbonyl (C=O) groups excluding carboxylic acids is 5. The third-order valence-corrected chi connectivity index (χ3v) is 15.5. The number of anilines is 3. The van der Waals surface area contributed by atoms with E-state index in [1.54, 1.807) is 24.3 Å². The van der Waals surface area contributed by atoms with Crippen LogP contribution in [-0.2, 0) is 43.2 Å². The van der Waals surface area contributed by atoms with Crippen LogP contribution in [0.3, 0.4) is 0 Å². The number of carboxylic acid groups (broad SMARTS) is 9. The average molecular weight is 1740 g/mol. The monoisotopic (exact) mass is 1730 g/mol. The Morgan fingerprint density at radius 1 is 0.313 bits per heavy atom. The van der Waals surface area contributed by atoms with Gasteiger partial charge in [0.2, 0.25) is 0 Å². The summed E-state index contributed by atoms with van der Waals surface area (Å²) in [7, 11) is 0. The number of nitrogens with one attached hydrogen (secondary N) is 12. The SMILES string of the molecule is O=C(O)CC[C@@H](CC(=O)O)NC(=O)N[C@@H](CCCCNC(=O)Nc1ccc(I)cc1)CC(=O)O.O=C(O)CC[C@@H](CC(=O)O)NC(=O)N[C@@H](CCCCNCNc1ccc(I)cc1)C(=O)O.O=C(O)CC[C@H](NC(=O)N[C@@H](CCCCNC(=O)Nc1ccc(I)cc1)CC(=O)O)C(=O)O. The summed E-state index contributed by atoms with van der Waals surface area (Å²) in [6.45, 7) is 1.90. The fourth-order valence-corrected chi connectivity index (χ4v) is 9.66. The molecule has 0 aliphatic carbocycles. The molecule has 21 N–H and O–H groups in total. The van der Waals surface area contributed by atoms with Crippen molar-refractivity contribution in [3.63, 3.8) is 0 Å². The first-order valence-electron chi connectivity index (χ1n) is 30.8. The molecule has 10 amide bonds. The molecule has 548 valence electrons. The van der Waals surface area contributed by atoms with Crippen LogP contribution in [0.15, 0.2) is 72.8 Å². The van der Waals surface area contributed by atoms with Crippen molar-refractivity contribution in [1.82, 2.24) is 47.9 Å². The van der Waals surface area contributed by atoms with Crippen molar-refractivity contribution in [3.05, 3.63) is 83.5 Å². The molecular weight excluding hydrogens is 1650 g/mol. The van der Waals surface area contributed by atoms with Gasteiger partial charge in [0.1, 0.15) is 12.1 Å². The molecule has 0 aliphatic heterocycles. The van der Waals surface area contributed by atoms with E-state index in [0.29, 0.717) is 82.6 Å². The zero-order chi connectivity index (χ0) is 74.2. The lowest BCUT2D eigenvalue weighted by molar-refractivity contribution is -0.141. The summed E-state index contributed by atoms with van der Waals surface area (Å²) in [6, 6.07) is 13.3. The van der Waals surface area contributed by atoms with E-state index in [0.717, 1.165) is 16.4 Å². The highest BCUT2D eigenvalue weighted by Crippen LogP contribution is 2.15. The highest BCUT2D eigenvalue weighted by Gasteiger charge is 2.26. The van der Waals surface area contributed by atoms with Crippen LogP contribution in [0.5, 0.6) is 0 Å². The fraction of sp³-hybridized carbons (Fsp3) is 0.475. The molecule has 0 bridgehead atoms. The molecule has 0 heterocycles. The molecule has 0 aliphatic rings. The first-order chi connectivity index (χ1) is 46.8. The largest absolute Gasteiger partial charge is 0.481 e. The Morgan fingerprint density at radius 3 is 0.939 bits per heavy atom. The Kier molecular flexibility index (Phi) is 45.8. The number of amides is 10. The Morgan fingerprint density at radius 2 is 0.606 bits per heavy atom. The van der Waals surface area contributed by atoms with Gasteiger partial charge in [0.05, 0.1) is 32.4 Å². The third-order valence-electron chi connectivity index (χ3n) is 13.4. The van der Waals surface area contributed by atoms with Crippen LogP contribution < -0.4 is 63.8 Å². The molecule has 38 heteroatoms. The number of urea groups is 5. The number of halogens is 3. The zero-order valence-corrected chi connectivity index (χ0v) is 60.0. The molecule has 99 heavy (non-hydrogen) atoms. The minimum absolute atomic E-state index is 0.0747. The third kappa shape index (κ3) is 48.5. The highest BCUT2D eigenvalue weighted by atomic mass is 127. The summed E-state index contributed by atoms with van der Waals surface area (Å²) in [6.07, 6.45) is 0.952. The molecular formula is C61H85I3N12O23. The Balaban J connectivity index is 0.000000743.